The van der Waals surface area contributed by atoms with Crippen molar-refractivity contribution >= 4 is 0 Å². The summed E-state index contributed by atoms with van der Waals surface area (Å²) in [5, 5.41) is 0. The van der Waals surface area contributed by atoms with Crippen molar-refractivity contribution < 1.29 is 0 Å². The largest absolute Gasteiger partial charge is 0.330 e. The maximum atomic E-state index is 5.59. The third-order valence-electron chi connectivity index (χ3n) is 2.79. The van der Waals surface area contributed by atoms with E-state index in [-0.39, 0.29) is 0 Å². The van der Waals surface area contributed by atoms with Crippen LogP contribution in [0, 0.1) is 5.92 Å². The van der Waals surface area contributed by atoms with Crippen molar-refractivity contribution in [3.63, 3.8) is 0 Å². The Labute approximate surface area is 76.0 Å². The van der Waals surface area contributed by atoms with Crippen LogP contribution in [-0.2, 0) is 0 Å². The van der Waals surface area contributed by atoms with Gasteiger partial charge in [0.2, 0.25) is 0 Å². The van der Waals surface area contributed by atoms with E-state index in [1.807, 2.05) is 0 Å². The minimum absolute atomic E-state index is 0.823. The topological polar surface area (TPSA) is 26.0 Å². The molecule has 0 heterocycles. The highest BCUT2D eigenvalue weighted by atomic mass is 14.5. The van der Waals surface area contributed by atoms with Crippen molar-refractivity contribution in [2.75, 3.05) is 6.54 Å². The molecular weight excluding hydrogens is 146 g/mol. The molecule has 1 atom stereocenters. The average molecular weight is 167 g/mol. The Balaban J connectivity index is 2.27. The fraction of sp³-hybridized carbons (Fsp3) is 0.818. The van der Waals surface area contributed by atoms with Crippen LogP contribution in [-0.4, -0.2) is 6.54 Å². The first-order chi connectivity index (χ1) is 5.88. The van der Waals surface area contributed by atoms with E-state index >= 15 is 0 Å². The summed E-state index contributed by atoms with van der Waals surface area (Å²) in [6.07, 6.45) is 10.3. The minimum atomic E-state index is 0.823. The van der Waals surface area contributed by atoms with E-state index in [9.17, 15) is 0 Å². The Bertz CT molecular complexity index is 149. The SMILES string of the molecule is CCCCC(CCN)C1=CCC1. The van der Waals surface area contributed by atoms with Gasteiger partial charge in [0.1, 0.15) is 0 Å². The third kappa shape index (κ3) is 2.63. The molecule has 0 fully saturated rings. The summed E-state index contributed by atoms with van der Waals surface area (Å²) >= 11 is 0. The molecule has 0 aromatic heterocycles. The molecule has 0 amide bonds. The summed E-state index contributed by atoms with van der Waals surface area (Å²) in [6, 6.07) is 0. The van der Waals surface area contributed by atoms with Crippen molar-refractivity contribution in [3.05, 3.63) is 11.6 Å². The molecule has 0 saturated carbocycles. The molecule has 1 unspecified atom stereocenters. The molecule has 1 aliphatic carbocycles. The number of hydrogen-bond acceptors (Lipinski definition) is 1. The monoisotopic (exact) mass is 167 g/mol. The summed E-state index contributed by atoms with van der Waals surface area (Å²) < 4.78 is 0. The highest BCUT2D eigenvalue weighted by molar-refractivity contribution is 5.15. The molecular formula is C11H21N. The van der Waals surface area contributed by atoms with Gasteiger partial charge in [0, 0.05) is 0 Å². The quantitative estimate of drug-likeness (QED) is 0.605. The molecule has 1 heteroatoms. The van der Waals surface area contributed by atoms with Gasteiger partial charge >= 0.3 is 0 Å². The summed E-state index contributed by atoms with van der Waals surface area (Å²) in [5.41, 5.74) is 7.28. The van der Waals surface area contributed by atoms with Gasteiger partial charge in [0.25, 0.3) is 0 Å². The first kappa shape index (κ1) is 9.79. The summed E-state index contributed by atoms with van der Waals surface area (Å²) in [7, 11) is 0. The number of unbranched alkanes of at least 4 members (excludes halogenated alkanes) is 1. The van der Waals surface area contributed by atoms with Crippen molar-refractivity contribution in [3.8, 4) is 0 Å². The predicted molar refractivity (Wildman–Crippen MR) is 54.0 cm³/mol. The van der Waals surface area contributed by atoms with E-state index in [0.717, 1.165) is 12.5 Å². The number of allylic oxidation sites excluding steroid dienone is 2. The lowest BCUT2D eigenvalue weighted by Gasteiger charge is -2.24. The second kappa shape index (κ2) is 5.36. The van der Waals surface area contributed by atoms with Gasteiger partial charge in [-0.1, -0.05) is 31.4 Å². The van der Waals surface area contributed by atoms with Crippen molar-refractivity contribution in [1.29, 1.82) is 0 Å². The van der Waals surface area contributed by atoms with Crippen LogP contribution in [0.1, 0.15) is 45.4 Å². The molecule has 0 radical (unpaired) electrons. The molecule has 1 nitrogen and oxygen atoms in total. The van der Waals surface area contributed by atoms with Gasteiger partial charge in [0.05, 0.1) is 0 Å². The second-order valence-corrected chi connectivity index (χ2v) is 3.73. The maximum Gasteiger partial charge on any atom is -0.00716 e. The van der Waals surface area contributed by atoms with Gasteiger partial charge in [-0.05, 0) is 38.1 Å². The molecule has 2 N–H and O–H groups in total. The lowest BCUT2D eigenvalue weighted by molar-refractivity contribution is 0.471. The Morgan fingerprint density at radius 3 is 2.67 bits per heavy atom. The molecule has 1 rings (SSSR count). The van der Waals surface area contributed by atoms with Gasteiger partial charge in [-0.2, -0.15) is 0 Å². The predicted octanol–water partition coefficient (Wildman–Crippen LogP) is 2.86. The van der Waals surface area contributed by atoms with Gasteiger partial charge in [-0.3, -0.25) is 0 Å². The standard InChI is InChI=1S/C11H21N/c1-2-3-5-11(8-9-12)10-6-4-7-10/h6,11H,2-5,7-9,12H2,1H3. The Morgan fingerprint density at radius 1 is 1.50 bits per heavy atom. The number of rotatable bonds is 6. The Morgan fingerprint density at radius 2 is 2.25 bits per heavy atom. The van der Waals surface area contributed by atoms with Crippen LogP contribution < -0.4 is 5.73 Å². The lowest BCUT2D eigenvalue weighted by Crippen LogP contribution is -2.14. The highest BCUT2D eigenvalue weighted by Crippen LogP contribution is 2.31. The molecule has 0 aliphatic heterocycles. The van der Waals surface area contributed by atoms with E-state index in [0.29, 0.717) is 0 Å². The smallest absolute Gasteiger partial charge is 0.00716 e. The van der Waals surface area contributed by atoms with Gasteiger partial charge < -0.3 is 5.73 Å². The van der Waals surface area contributed by atoms with Crippen LogP contribution in [0.25, 0.3) is 0 Å². The fourth-order valence-corrected chi connectivity index (χ4v) is 1.85. The van der Waals surface area contributed by atoms with Crippen LogP contribution in [0.15, 0.2) is 11.6 Å². The average Bonchev–Trinajstić information content (AvgIpc) is 1.97. The van der Waals surface area contributed by atoms with Crippen LogP contribution >= 0.6 is 0 Å². The van der Waals surface area contributed by atoms with E-state index in [4.69, 9.17) is 5.73 Å². The zero-order chi connectivity index (χ0) is 8.81. The second-order valence-electron chi connectivity index (χ2n) is 3.73. The number of nitrogens with two attached hydrogens (primary N) is 1. The molecule has 12 heavy (non-hydrogen) atoms. The lowest BCUT2D eigenvalue weighted by atomic mass is 9.82. The van der Waals surface area contributed by atoms with Gasteiger partial charge in [-0.25, -0.2) is 0 Å². The number of hydrogen-bond donors (Lipinski definition) is 1. The molecule has 0 bridgehead atoms. The van der Waals surface area contributed by atoms with Crippen LogP contribution in [0.5, 0.6) is 0 Å². The van der Waals surface area contributed by atoms with Crippen molar-refractivity contribution in [2.45, 2.75) is 45.4 Å². The first-order valence-electron chi connectivity index (χ1n) is 5.27. The van der Waals surface area contributed by atoms with E-state index in [1.54, 1.807) is 5.57 Å². The van der Waals surface area contributed by atoms with Crippen LogP contribution in [0.3, 0.4) is 0 Å². The van der Waals surface area contributed by atoms with Crippen molar-refractivity contribution in [1.82, 2.24) is 0 Å². The summed E-state index contributed by atoms with van der Waals surface area (Å²) in [5.74, 6) is 0.823. The first-order valence-corrected chi connectivity index (χ1v) is 5.27. The van der Waals surface area contributed by atoms with E-state index < -0.39 is 0 Å². The van der Waals surface area contributed by atoms with Gasteiger partial charge in [-0.15, -0.1) is 0 Å². The summed E-state index contributed by atoms with van der Waals surface area (Å²) in [6.45, 7) is 3.11. The Hall–Kier alpha value is -0.300. The Kier molecular flexibility index (Phi) is 4.37. The van der Waals surface area contributed by atoms with E-state index in [2.05, 4.69) is 13.0 Å². The molecule has 0 spiro atoms. The highest BCUT2D eigenvalue weighted by Gasteiger charge is 2.16. The molecule has 70 valence electrons. The van der Waals surface area contributed by atoms with Crippen LogP contribution in [0.2, 0.25) is 0 Å². The van der Waals surface area contributed by atoms with Gasteiger partial charge in [0.15, 0.2) is 0 Å². The fourth-order valence-electron chi connectivity index (χ4n) is 1.85. The van der Waals surface area contributed by atoms with E-state index in [1.165, 1.54) is 38.5 Å². The summed E-state index contributed by atoms with van der Waals surface area (Å²) in [4.78, 5) is 0. The zero-order valence-corrected chi connectivity index (χ0v) is 8.18. The zero-order valence-electron chi connectivity index (χ0n) is 8.18. The van der Waals surface area contributed by atoms with Crippen molar-refractivity contribution in [2.24, 2.45) is 11.7 Å². The third-order valence-corrected chi connectivity index (χ3v) is 2.79. The van der Waals surface area contributed by atoms with Crippen LogP contribution in [0.4, 0.5) is 0 Å². The molecule has 0 aromatic carbocycles. The molecule has 0 saturated heterocycles. The molecule has 0 aromatic rings. The normalized spacial score (nSPS) is 18.3. The minimum Gasteiger partial charge on any atom is -0.330 e. The molecule has 1 aliphatic rings. The maximum absolute atomic E-state index is 5.59.